The third-order valence-corrected chi connectivity index (χ3v) is 11.1. The standard InChI is InChI=1S/C47H56F2N8O6/c1-33(34(2)57(45(59)63-46(3,4)5)27-35-9-7-6-8-10-35)51-26-44(58)53-37-12-14-38(15-13-37)54-21-23-55(24-22-54)39-16-18-40(19-17-39)60-28-41-29-61-47(62-41,30-56-32-50-31-52-56)42-20-11-36(48)25-43(42)49/h6-20,25,31-34,41,51H,21-24,26-30H2,1-5H3,(H,53,58). The number of anilines is 3. The second-order valence-corrected chi connectivity index (χ2v) is 16.9. The predicted octanol–water partition coefficient (Wildman–Crippen LogP) is 6.97. The summed E-state index contributed by atoms with van der Waals surface area (Å²) >= 11 is 0. The Labute approximate surface area is 367 Å². The first kappa shape index (κ1) is 44.9. The van der Waals surface area contributed by atoms with Crippen molar-refractivity contribution in [3.63, 3.8) is 0 Å². The zero-order valence-electron chi connectivity index (χ0n) is 36.4. The molecule has 2 amide bonds. The number of amides is 2. The number of hydrogen-bond donors (Lipinski definition) is 2. The Kier molecular flexibility index (Phi) is 14.2. The van der Waals surface area contributed by atoms with E-state index in [0.29, 0.717) is 18.0 Å². The maximum Gasteiger partial charge on any atom is 0.410 e. The van der Waals surface area contributed by atoms with Crippen LogP contribution >= 0.6 is 0 Å². The van der Waals surface area contributed by atoms with Crippen LogP contribution < -0.4 is 25.2 Å². The molecule has 2 saturated heterocycles. The average molecular weight is 867 g/mol. The first-order chi connectivity index (χ1) is 30.2. The highest BCUT2D eigenvalue weighted by Crippen LogP contribution is 2.38. The van der Waals surface area contributed by atoms with Crippen LogP contribution in [0.25, 0.3) is 0 Å². The van der Waals surface area contributed by atoms with E-state index in [1.54, 1.807) is 4.90 Å². The third-order valence-electron chi connectivity index (χ3n) is 11.1. The summed E-state index contributed by atoms with van der Waals surface area (Å²) in [5.74, 6) is -2.53. The van der Waals surface area contributed by atoms with Crippen LogP contribution in [0.1, 0.15) is 45.7 Å². The number of halogens is 2. The molecule has 0 aliphatic carbocycles. The lowest BCUT2D eigenvalue weighted by Crippen LogP contribution is -2.51. The fourth-order valence-electron chi connectivity index (χ4n) is 7.58. The number of nitrogens with zero attached hydrogens (tertiary/aromatic N) is 6. The third kappa shape index (κ3) is 11.9. The monoisotopic (exact) mass is 866 g/mol. The summed E-state index contributed by atoms with van der Waals surface area (Å²) in [7, 11) is 0. The summed E-state index contributed by atoms with van der Waals surface area (Å²) in [6, 6.07) is 28.3. The van der Waals surface area contributed by atoms with Crippen molar-refractivity contribution >= 4 is 29.1 Å². The number of carbonyl (C=O) groups is 2. The van der Waals surface area contributed by atoms with Gasteiger partial charge in [-0.05, 0) is 101 Å². The molecular formula is C47H56F2N8O6. The molecule has 2 N–H and O–H groups in total. The highest BCUT2D eigenvalue weighted by atomic mass is 19.1. The molecule has 5 aromatic rings. The van der Waals surface area contributed by atoms with Gasteiger partial charge in [-0.25, -0.2) is 23.2 Å². The molecule has 4 unspecified atom stereocenters. The molecule has 3 heterocycles. The fourth-order valence-corrected chi connectivity index (χ4v) is 7.58. The lowest BCUT2D eigenvalue weighted by molar-refractivity contribution is -0.192. The Hall–Kier alpha value is -6.10. The number of carbonyl (C=O) groups excluding carboxylic acids is 2. The summed E-state index contributed by atoms with van der Waals surface area (Å²) in [6.45, 7) is 13.5. The number of rotatable bonds is 16. The van der Waals surface area contributed by atoms with Gasteiger partial charge in [-0.15, -0.1) is 0 Å². The lowest BCUT2D eigenvalue weighted by Gasteiger charge is -2.37. The summed E-state index contributed by atoms with van der Waals surface area (Å²) in [6.07, 6.45) is 1.91. The van der Waals surface area contributed by atoms with Crippen LogP contribution in [0.15, 0.2) is 110 Å². The molecule has 2 fully saturated rings. The van der Waals surface area contributed by atoms with Gasteiger partial charge in [-0.3, -0.25) is 9.69 Å². The van der Waals surface area contributed by atoms with Crippen LogP contribution in [0.2, 0.25) is 0 Å². The maximum atomic E-state index is 15.0. The molecule has 2 aliphatic rings. The topological polar surface area (TPSA) is 136 Å². The second-order valence-electron chi connectivity index (χ2n) is 16.9. The predicted molar refractivity (Wildman–Crippen MR) is 235 cm³/mol. The molecule has 2 aliphatic heterocycles. The van der Waals surface area contributed by atoms with Crippen LogP contribution in [0.3, 0.4) is 0 Å². The fraction of sp³-hybridized carbons (Fsp3) is 0.404. The van der Waals surface area contributed by atoms with Gasteiger partial charge < -0.3 is 39.4 Å². The molecule has 1 aromatic heterocycles. The van der Waals surface area contributed by atoms with E-state index in [9.17, 15) is 18.4 Å². The van der Waals surface area contributed by atoms with Gasteiger partial charge in [0.05, 0.1) is 13.2 Å². The number of aromatic nitrogens is 3. The minimum Gasteiger partial charge on any atom is -0.491 e. The molecule has 16 heteroatoms. The van der Waals surface area contributed by atoms with Crippen LogP contribution in [0, 0.1) is 11.6 Å². The van der Waals surface area contributed by atoms with Gasteiger partial charge in [-0.1, -0.05) is 30.3 Å². The highest BCUT2D eigenvalue weighted by molar-refractivity contribution is 5.92. The van der Waals surface area contributed by atoms with E-state index in [1.807, 2.05) is 113 Å². The lowest BCUT2D eigenvalue weighted by atomic mass is 10.0. The largest absolute Gasteiger partial charge is 0.491 e. The van der Waals surface area contributed by atoms with E-state index in [4.69, 9.17) is 18.9 Å². The van der Waals surface area contributed by atoms with Gasteiger partial charge >= 0.3 is 6.09 Å². The molecule has 334 valence electrons. The summed E-state index contributed by atoms with van der Waals surface area (Å²) in [5.41, 5.74) is 3.27. The molecule has 0 radical (unpaired) electrons. The molecule has 0 saturated carbocycles. The van der Waals surface area contributed by atoms with Crippen LogP contribution in [-0.4, -0.2) is 101 Å². The number of ether oxygens (including phenoxy) is 4. The molecule has 7 rings (SSSR count). The van der Waals surface area contributed by atoms with Crippen molar-refractivity contribution in [1.82, 2.24) is 25.0 Å². The molecular weight excluding hydrogens is 811 g/mol. The van der Waals surface area contributed by atoms with Crippen LogP contribution in [0.4, 0.5) is 30.6 Å². The first-order valence-corrected chi connectivity index (χ1v) is 21.2. The van der Waals surface area contributed by atoms with Crippen molar-refractivity contribution in [1.29, 1.82) is 0 Å². The van der Waals surface area contributed by atoms with E-state index < -0.39 is 35.2 Å². The summed E-state index contributed by atoms with van der Waals surface area (Å²) in [5, 5.41) is 10.4. The Morgan fingerprint density at radius 2 is 1.59 bits per heavy atom. The SMILES string of the molecule is CC(NCC(=O)Nc1ccc(N2CCN(c3ccc(OCC4COC(Cn5cncn5)(c5ccc(F)cc5F)O4)cc3)CC2)cc1)C(C)N(Cc1ccccc1)C(=O)OC(C)(C)C. The molecule has 4 aromatic carbocycles. The number of piperazine rings is 1. The Balaban J connectivity index is 0.848. The minimum absolute atomic E-state index is 0.0200. The molecule has 0 bridgehead atoms. The van der Waals surface area contributed by atoms with Gasteiger partial charge in [0.15, 0.2) is 0 Å². The zero-order valence-corrected chi connectivity index (χ0v) is 36.4. The van der Waals surface area contributed by atoms with E-state index in [0.717, 1.165) is 49.2 Å². The number of benzene rings is 4. The zero-order chi connectivity index (χ0) is 44.6. The Morgan fingerprint density at radius 1 is 0.921 bits per heavy atom. The van der Waals surface area contributed by atoms with Crippen molar-refractivity contribution < 1.29 is 37.3 Å². The molecule has 0 spiro atoms. The van der Waals surface area contributed by atoms with Gasteiger partial charge in [-0.2, -0.15) is 5.10 Å². The number of hydrogen-bond acceptors (Lipinski definition) is 11. The molecule has 63 heavy (non-hydrogen) atoms. The molecule has 14 nitrogen and oxygen atoms in total. The van der Waals surface area contributed by atoms with E-state index in [1.165, 1.54) is 29.5 Å². The van der Waals surface area contributed by atoms with Gasteiger partial charge in [0, 0.05) is 73.5 Å². The van der Waals surface area contributed by atoms with Crippen molar-refractivity contribution in [3.8, 4) is 5.75 Å². The smallest absolute Gasteiger partial charge is 0.410 e. The average Bonchev–Trinajstić information content (AvgIpc) is 3.94. The maximum absolute atomic E-state index is 15.0. The van der Waals surface area contributed by atoms with Crippen molar-refractivity contribution in [3.05, 3.63) is 132 Å². The Bertz CT molecular complexity index is 2250. The van der Waals surface area contributed by atoms with Crippen molar-refractivity contribution in [2.45, 2.75) is 77.3 Å². The summed E-state index contributed by atoms with van der Waals surface area (Å²) in [4.78, 5) is 36.5. The minimum atomic E-state index is -1.53. The van der Waals surface area contributed by atoms with E-state index in [2.05, 4.69) is 30.5 Å². The van der Waals surface area contributed by atoms with Gasteiger partial charge in [0.2, 0.25) is 11.7 Å². The van der Waals surface area contributed by atoms with Crippen molar-refractivity contribution in [2.75, 3.05) is 61.1 Å². The second kappa shape index (κ2) is 19.9. The molecule has 4 atom stereocenters. The van der Waals surface area contributed by atoms with Gasteiger partial charge in [0.1, 0.15) is 54.9 Å². The van der Waals surface area contributed by atoms with Crippen molar-refractivity contribution in [2.24, 2.45) is 0 Å². The van der Waals surface area contributed by atoms with Crippen LogP contribution in [-0.2, 0) is 37.9 Å². The number of nitrogens with one attached hydrogen (secondary N) is 2. The van der Waals surface area contributed by atoms with Crippen LogP contribution in [0.5, 0.6) is 5.75 Å². The van der Waals surface area contributed by atoms with Gasteiger partial charge in [0.25, 0.3) is 0 Å². The van der Waals surface area contributed by atoms with E-state index in [-0.39, 0.29) is 49.9 Å². The normalized spacial score (nSPS) is 18.7. The highest BCUT2D eigenvalue weighted by Gasteiger charge is 2.46. The quantitative estimate of drug-likeness (QED) is 0.107. The Morgan fingerprint density at radius 3 is 2.21 bits per heavy atom. The first-order valence-electron chi connectivity index (χ1n) is 21.2. The van der Waals surface area contributed by atoms with E-state index >= 15 is 0 Å². The summed E-state index contributed by atoms with van der Waals surface area (Å²) < 4.78 is 54.3.